The average molecular weight is 281 g/mol. The molecular weight excluding hydrogens is 268 g/mol. The zero-order valence-corrected chi connectivity index (χ0v) is 10.8. The van der Waals surface area contributed by atoms with E-state index in [0.717, 1.165) is 5.76 Å². The molecule has 0 fully saturated rings. The maximum Gasteiger partial charge on any atom is 0.252 e. The van der Waals surface area contributed by atoms with Crippen LogP contribution in [0.4, 0.5) is 5.82 Å². The van der Waals surface area contributed by atoms with E-state index < -0.39 is 0 Å². The number of nitrogens with zero attached hydrogens (tertiary/aromatic N) is 1. The summed E-state index contributed by atoms with van der Waals surface area (Å²) in [5.74, 6) is 6.10. The van der Waals surface area contributed by atoms with Gasteiger partial charge in [-0.15, -0.1) is 0 Å². The van der Waals surface area contributed by atoms with Gasteiger partial charge in [-0.05, 0) is 18.2 Å². The predicted molar refractivity (Wildman–Crippen MR) is 71.8 cm³/mol. The number of nitrogens with one attached hydrogen (secondary N) is 2. The Kier molecular flexibility index (Phi) is 4.38. The maximum atomic E-state index is 11.8. The fourth-order valence-electron chi connectivity index (χ4n) is 1.52. The minimum atomic E-state index is -0.246. The number of pyridine rings is 1. The summed E-state index contributed by atoms with van der Waals surface area (Å²) in [7, 11) is 0. The number of carbonyl (C=O) groups excluding carboxylic acids is 1. The average Bonchev–Trinajstić information content (AvgIpc) is 2.91. The summed E-state index contributed by atoms with van der Waals surface area (Å²) in [6, 6.07) is 5.16. The van der Waals surface area contributed by atoms with Crippen molar-refractivity contribution in [1.29, 1.82) is 0 Å². The zero-order chi connectivity index (χ0) is 13.7. The van der Waals surface area contributed by atoms with Gasteiger partial charge in [0.25, 0.3) is 5.91 Å². The highest BCUT2D eigenvalue weighted by molar-refractivity contribution is 6.33. The second kappa shape index (κ2) is 6.21. The third-order valence-electron chi connectivity index (χ3n) is 2.48. The van der Waals surface area contributed by atoms with Gasteiger partial charge in [0.15, 0.2) is 5.82 Å². The van der Waals surface area contributed by atoms with Crippen LogP contribution in [0.1, 0.15) is 16.1 Å². The Morgan fingerprint density at radius 3 is 3.00 bits per heavy atom. The molecule has 2 aromatic rings. The van der Waals surface area contributed by atoms with Gasteiger partial charge < -0.3 is 15.2 Å². The second-order valence-corrected chi connectivity index (χ2v) is 4.19. The fraction of sp³-hybridized carbons (Fsp3) is 0.167. The number of anilines is 1. The molecule has 0 atom stereocenters. The third-order valence-corrected chi connectivity index (χ3v) is 2.77. The Morgan fingerprint density at radius 1 is 1.53 bits per heavy atom. The fourth-order valence-corrected chi connectivity index (χ4v) is 1.75. The van der Waals surface area contributed by atoms with E-state index >= 15 is 0 Å². The van der Waals surface area contributed by atoms with Crippen molar-refractivity contribution in [3.8, 4) is 0 Å². The first-order valence-corrected chi connectivity index (χ1v) is 6.01. The van der Waals surface area contributed by atoms with Crippen LogP contribution in [0.15, 0.2) is 35.1 Å². The van der Waals surface area contributed by atoms with Crippen molar-refractivity contribution in [2.24, 2.45) is 5.84 Å². The van der Waals surface area contributed by atoms with Crippen molar-refractivity contribution in [2.45, 2.75) is 6.42 Å². The van der Waals surface area contributed by atoms with Crippen LogP contribution in [-0.4, -0.2) is 17.4 Å². The number of furan rings is 1. The number of nitrogen functional groups attached to an aromatic ring is 1. The zero-order valence-electron chi connectivity index (χ0n) is 10.0. The summed E-state index contributed by atoms with van der Waals surface area (Å²) in [6.45, 7) is 0.473. The lowest BCUT2D eigenvalue weighted by atomic mass is 10.2. The molecule has 100 valence electrons. The molecule has 4 N–H and O–H groups in total. The van der Waals surface area contributed by atoms with Gasteiger partial charge in [0.1, 0.15) is 5.76 Å². The molecule has 0 aliphatic heterocycles. The molecule has 0 aliphatic rings. The Labute approximate surface area is 114 Å². The molecule has 19 heavy (non-hydrogen) atoms. The van der Waals surface area contributed by atoms with Crippen molar-refractivity contribution in [1.82, 2.24) is 10.3 Å². The third kappa shape index (κ3) is 3.46. The number of aromatic nitrogens is 1. The first-order chi connectivity index (χ1) is 9.20. The largest absolute Gasteiger partial charge is 0.469 e. The SMILES string of the molecule is NNc1ncc(C(=O)NCCc2ccco2)cc1Cl. The number of rotatable bonds is 5. The molecule has 2 aromatic heterocycles. The van der Waals surface area contributed by atoms with Crippen LogP contribution in [0, 0.1) is 0 Å². The van der Waals surface area contributed by atoms with E-state index in [1.807, 2.05) is 6.07 Å². The van der Waals surface area contributed by atoms with E-state index in [1.54, 1.807) is 12.3 Å². The number of halogens is 1. The Hall–Kier alpha value is -2.05. The van der Waals surface area contributed by atoms with E-state index in [0.29, 0.717) is 29.4 Å². The minimum Gasteiger partial charge on any atom is -0.469 e. The number of amides is 1. The monoisotopic (exact) mass is 280 g/mol. The van der Waals surface area contributed by atoms with Crippen LogP contribution in [-0.2, 0) is 6.42 Å². The molecule has 2 heterocycles. The molecule has 0 bridgehead atoms. The van der Waals surface area contributed by atoms with Crippen LogP contribution in [0.2, 0.25) is 5.02 Å². The quantitative estimate of drug-likeness (QED) is 0.571. The highest BCUT2D eigenvalue weighted by Crippen LogP contribution is 2.18. The lowest BCUT2D eigenvalue weighted by molar-refractivity contribution is 0.0953. The molecule has 0 aliphatic carbocycles. The van der Waals surface area contributed by atoms with Gasteiger partial charge in [-0.3, -0.25) is 4.79 Å². The Morgan fingerprint density at radius 2 is 2.37 bits per heavy atom. The molecule has 0 saturated heterocycles. The summed E-state index contributed by atoms with van der Waals surface area (Å²) in [5, 5.41) is 3.05. The van der Waals surface area contributed by atoms with Gasteiger partial charge in [-0.1, -0.05) is 11.6 Å². The first kappa shape index (κ1) is 13.4. The predicted octanol–water partition coefficient (Wildman–Crippen LogP) is 1.59. The molecule has 0 unspecified atom stereocenters. The van der Waals surface area contributed by atoms with E-state index in [-0.39, 0.29) is 5.91 Å². The van der Waals surface area contributed by atoms with Crippen molar-refractivity contribution in [3.63, 3.8) is 0 Å². The lowest BCUT2D eigenvalue weighted by Gasteiger charge is -2.06. The molecule has 2 rings (SSSR count). The number of nitrogens with two attached hydrogens (primary N) is 1. The topological polar surface area (TPSA) is 93.2 Å². The molecule has 0 radical (unpaired) electrons. The molecule has 7 heteroatoms. The summed E-state index contributed by atoms with van der Waals surface area (Å²) in [6.07, 6.45) is 3.63. The van der Waals surface area contributed by atoms with Crippen LogP contribution in [0.5, 0.6) is 0 Å². The number of hydrogen-bond acceptors (Lipinski definition) is 5. The van der Waals surface area contributed by atoms with Crippen molar-refractivity contribution in [3.05, 3.63) is 47.0 Å². The van der Waals surface area contributed by atoms with E-state index in [9.17, 15) is 4.79 Å². The molecule has 0 spiro atoms. The van der Waals surface area contributed by atoms with Gasteiger partial charge in [0, 0.05) is 19.2 Å². The first-order valence-electron chi connectivity index (χ1n) is 5.63. The highest BCUT2D eigenvalue weighted by atomic mass is 35.5. The summed E-state index contributed by atoms with van der Waals surface area (Å²) < 4.78 is 5.16. The minimum absolute atomic E-state index is 0.246. The lowest BCUT2D eigenvalue weighted by Crippen LogP contribution is -2.25. The van der Waals surface area contributed by atoms with Crippen LogP contribution >= 0.6 is 11.6 Å². The van der Waals surface area contributed by atoms with Gasteiger partial charge in [-0.2, -0.15) is 0 Å². The molecule has 0 aromatic carbocycles. The van der Waals surface area contributed by atoms with Crippen LogP contribution in [0.3, 0.4) is 0 Å². The van der Waals surface area contributed by atoms with Crippen LogP contribution in [0.25, 0.3) is 0 Å². The Balaban J connectivity index is 1.91. The van der Waals surface area contributed by atoms with Gasteiger partial charge in [-0.25, -0.2) is 10.8 Å². The normalized spacial score (nSPS) is 10.2. The Bertz CT molecular complexity index is 557. The van der Waals surface area contributed by atoms with Crippen LogP contribution < -0.4 is 16.6 Å². The molecule has 0 saturated carbocycles. The molecule has 6 nitrogen and oxygen atoms in total. The second-order valence-electron chi connectivity index (χ2n) is 3.78. The maximum absolute atomic E-state index is 11.8. The van der Waals surface area contributed by atoms with Crippen molar-refractivity contribution in [2.75, 3.05) is 12.0 Å². The van der Waals surface area contributed by atoms with Gasteiger partial charge >= 0.3 is 0 Å². The van der Waals surface area contributed by atoms with Crippen molar-refractivity contribution < 1.29 is 9.21 Å². The standard InChI is InChI=1S/C12H13ClN4O2/c13-10-6-8(7-16-11(10)17-14)12(18)15-4-3-9-2-1-5-19-9/h1-2,5-7H,3-4,14H2,(H,15,18)(H,16,17). The summed E-state index contributed by atoms with van der Waals surface area (Å²) in [4.78, 5) is 15.8. The molecule has 1 amide bonds. The highest BCUT2D eigenvalue weighted by Gasteiger charge is 2.09. The summed E-state index contributed by atoms with van der Waals surface area (Å²) in [5.41, 5.74) is 2.71. The molecular formula is C12H13ClN4O2. The summed E-state index contributed by atoms with van der Waals surface area (Å²) >= 11 is 5.89. The van der Waals surface area contributed by atoms with Gasteiger partial charge in [0.2, 0.25) is 0 Å². The van der Waals surface area contributed by atoms with E-state index in [1.165, 1.54) is 12.3 Å². The smallest absolute Gasteiger partial charge is 0.252 e. The number of hydrogen-bond donors (Lipinski definition) is 3. The number of hydrazine groups is 1. The van der Waals surface area contributed by atoms with E-state index in [2.05, 4.69) is 15.7 Å². The van der Waals surface area contributed by atoms with Crippen molar-refractivity contribution >= 4 is 23.3 Å². The van der Waals surface area contributed by atoms with E-state index in [4.69, 9.17) is 21.9 Å². The number of carbonyl (C=O) groups is 1. The van der Waals surface area contributed by atoms with Gasteiger partial charge in [0.05, 0.1) is 16.8 Å².